The maximum Gasteiger partial charge on any atom is 0.172 e. The lowest BCUT2D eigenvalue weighted by atomic mass is 9.98. The third-order valence-electron chi connectivity index (χ3n) is 3.29. The Hall–Kier alpha value is -1.71. The number of oxime groups is 1. The van der Waals surface area contributed by atoms with Gasteiger partial charge in [0.2, 0.25) is 0 Å². The molecule has 1 saturated heterocycles. The summed E-state index contributed by atoms with van der Waals surface area (Å²) < 4.78 is 0. The van der Waals surface area contributed by atoms with Gasteiger partial charge in [0.25, 0.3) is 0 Å². The molecular formula is C13H19N3O. The minimum atomic E-state index is 0.179. The van der Waals surface area contributed by atoms with Crippen LogP contribution in [0.2, 0.25) is 0 Å². The molecule has 2 rings (SSSR count). The van der Waals surface area contributed by atoms with Crippen LogP contribution in [0.15, 0.2) is 29.4 Å². The largest absolute Gasteiger partial charge is 0.409 e. The molecule has 0 unspecified atom stereocenters. The smallest absolute Gasteiger partial charge is 0.172 e. The topological polar surface area (TPSA) is 61.8 Å². The van der Waals surface area contributed by atoms with Crippen LogP contribution >= 0.6 is 0 Å². The van der Waals surface area contributed by atoms with Crippen LogP contribution in [0.25, 0.3) is 0 Å². The van der Waals surface area contributed by atoms with Gasteiger partial charge in [0.15, 0.2) is 5.84 Å². The number of piperidine rings is 1. The molecule has 1 aromatic rings. The molecular weight excluding hydrogens is 214 g/mol. The Bertz CT molecular complexity index is 417. The van der Waals surface area contributed by atoms with Crippen LogP contribution in [-0.2, 0) is 0 Å². The van der Waals surface area contributed by atoms with Crippen molar-refractivity contribution >= 4 is 11.5 Å². The molecule has 1 aliphatic rings. The number of rotatable bonds is 2. The first kappa shape index (κ1) is 11.8. The van der Waals surface area contributed by atoms with E-state index < -0.39 is 0 Å². The molecule has 0 radical (unpaired) electrons. The van der Waals surface area contributed by atoms with Crippen molar-refractivity contribution < 1.29 is 5.21 Å². The number of amidine groups is 1. The molecule has 0 bridgehead atoms. The minimum absolute atomic E-state index is 0.179. The molecule has 0 saturated carbocycles. The SMILES string of the molecule is C[C@H]1CCCN(c2ccccc2/C(N)=N\O)C1. The van der Waals surface area contributed by atoms with Crippen LogP contribution in [0.5, 0.6) is 0 Å². The van der Waals surface area contributed by atoms with Gasteiger partial charge in [0.05, 0.1) is 0 Å². The molecule has 1 atom stereocenters. The van der Waals surface area contributed by atoms with Crippen molar-refractivity contribution in [1.29, 1.82) is 0 Å². The van der Waals surface area contributed by atoms with Crippen LogP contribution in [0.3, 0.4) is 0 Å². The lowest BCUT2D eigenvalue weighted by Gasteiger charge is -2.33. The Morgan fingerprint density at radius 3 is 2.94 bits per heavy atom. The number of nitrogens with two attached hydrogens (primary N) is 1. The van der Waals surface area contributed by atoms with E-state index in [9.17, 15) is 0 Å². The van der Waals surface area contributed by atoms with Crippen LogP contribution < -0.4 is 10.6 Å². The molecule has 0 spiro atoms. The Morgan fingerprint density at radius 1 is 1.47 bits per heavy atom. The molecule has 1 heterocycles. The minimum Gasteiger partial charge on any atom is -0.409 e. The van der Waals surface area contributed by atoms with E-state index in [4.69, 9.17) is 10.9 Å². The summed E-state index contributed by atoms with van der Waals surface area (Å²) in [7, 11) is 0. The van der Waals surface area contributed by atoms with Gasteiger partial charge in [0, 0.05) is 24.3 Å². The van der Waals surface area contributed by atoms with Gasteiger partial charge < -0.3 is 15.8 Å². The van der Waals surface area contributed by atoms with E-state index in [1.165, 1.54) is 12.8 Å². The van der Waals surface area contributed by atoms with E-state index in [0.717, 1.165) is 24.3 Å². The average Bonchev–Trinajstić information content (AvgIpc) is 2.38. The van der Waals surface area contributed by atoms with Gasteiger partial charge >= 0.3 is 0 Å². The van der Waals surface area contributed by atoms with Gasteiger partial charge in [-0.05, 0) is 30.9 Å². The maximum absolute atomic E-state index is 8.81. The van der Waals surface area contributed by atoms with Crippen molar-refractivity contribution in [3.05, 3.63) is 29.8 Å². The highest BCUT2D eigenvalue weighted by Gasteiger charge is 2.19. The standard InChI is InChI=1S/C13H19N3O/c1-10-5-4-8-16(9-10)12-7-3-2-6-11(12)13(14)15-17/h2-3,6-7,10,17H,4-5,8-9H2,1H3,(H2,14,15)/t10-/m0/s1. The molecule has 1 aliphatic heterocycles. The molecule has 3 N–H and O–H groups in total. The number of nitrogens with zero attached hydrogens (tertiary/aromatic N) is 2. The quantitative estimate of drug-likeness (QED) is 0.355. The lowest BCUT2D eigenvalue weighted by molar-refractivity contribution is 0.318. The Kier molecular flexibility index (Phi) is 3.52. The highest BCUT2D eigenvalue weighted by atomic mass is 16.4. The van der Waals surface area contributed by atoms with Gasteiger partial charge in [0.1, 0.15) is 0 Å². The Balaban J connectivity index is 2.31. The number of anilines is 1. The summed E-state index contributed by atoms with van der Waals surface area (Å²) in [5, 5.41) is 11.9. The molecule has 4 nitrogen and oxygen atoms in total. The predicted octanol–water partition coefficient (Wildman–Crippen LogP) is 2.02. The fourth-order valence-electron chi connectivity index (χ4n) is 2.43. The summed E-state index contributed by atoms with van der Waals surface area (Å²) in [4.78, 5) is 2.32. The summed E-state index contributed by atoms with van der Waals surface area (Å²) >= 11 is 0. The van der Waals surface area contributed by atoms with E-state index in [0.29, 0.717) is 5.92 Å². The van der Waals surface area contributed by atoms with Crippen molar-refractivity contribution in [1.82, 2.24) is 0 Å². The molecule has 0 aromatic heterocycles. The average molecular weight is 233 g/mol. The lowest BCUT2D eigenvalue weighted by Crippen LogP contribution is -2.35. The fraction of sp³-hybridized carbons (Fsp3) is 0.462. The van der Waals surface area contributed by atoms with Gasteiger partial charge in [-0.3, -0.25) is 0 Å². The predicted molar refractivity (Wildman–Crippen MR) is 69.6 cm³/mol. The molecule has 17 heavy (non-hydrogen) atoms. The van der Waals surface area contributed by atoms with Gasteiger partial charge in [-0.2, -0.15) is 0 Å². The first-order valence-corrected chi connectivity index (χ1v) is 6.04. The fourth-order valence-corrected chi connectivity index (χ4v) is 2.43. The zero-order chi connectivity index (χ0) is 12.3. The molecule has 0 aliphatic carbocycles. The van der Waals surface area contributed by atoms with Gasteiger partial charge in [-0.1, -0.05) is 24.2 Å². The van der Waals surface area contributed by atoms with E-state index in [2.05, 4.69) is 17.0 Å². The number of benzene rings is 1. The molecule has 4 heteroatoms. The summed E-state index contributed by atoms with van der Waals surface area (Å²) in [5.74, 6) is 0.878. The van der Waals surface area contributed by atoms with Crippen LogP contribution in [0, 0.1) is 5.92 Å². The summed E-state index contributed by atoms with van der Waals surface area (Å²) in [6, 6.07) is 7.82. The summed E-state index contributed by atoms with van der Waals surface area (Å²) in [6.07, 6.45) is 2.48. The van der Waals surface area contributed by atoms with Crippen molar-refractivity contribution in [2.24, 2.45) is 16.8 Å². The Labute approximate surface area is 102 Å². The first-order valence-electron chi connectivity index (χ1n) is 6.04. The monoisotopic (exact) mass is 233 g/mol. The first-order chi connectivity index (χ1) is 8.22. The second-order valence-electron chi connectivity index (χ2n) is 4.70. The third kappa shape index (κ3) is 2.52. The maximum atomic E-state index is 8.81. The van der Waals surface area contributed by atoms with E-state index in [1.54, 1.807) is 0 Å². The zero-order valence-electron chi connectivity index (χ0n) is 10.1. The van der Waals surface area contributed by atoms with Gasteiger partial charge in [-0.15, -0.1) is 0 Å². The molecule has 0 amide bonds. The van der Waals surface area contributed by atoms with Crippen molar-refractivity contribution in [2.45, 2.75) is 19.8 Å². The number of hydrogen-bond donors (Lipinski definition) is 2. The Morgan fingerprint density at radius 2 is 2.24 bits per heavy atom. The van der Waals surface area contributed by atoms with Crippen LogP contribution in [-0.4, -0.2) is 24.1 Å². The molecule has 92 valence electrons. The second-order valence-corrected chi connectivity index (χ2v) is 4.70. The number of para-hydroxylation sites is 1. The van der Waals surface area contributed by atoms with E-state index >= 15 is 0 Å². The van der Waals surface area contributed by atoms with Crippen molar-refractivity contribution in [3.8, 4) is 0 Å². The number of hydrogen-bond acceptors (Lipinski definition) is 3. The van der Waals surface area contributed by atoms with Crippen LogP contribution in [0.4, 0.5) is 5.69 Å². The summed E-state index contributed by atoms with van der Waals surface area (Å²) in [6.45, 7) is 4.34. The van der Waals surface area contributed by atoms with Crippen LogP contribution in [0.1, 0.15) is 25.3 Å². The highest BCUT2D eigenvalue weighted by Crippen LogP contribution is 2.25. The van der Waals surface area contributed by atoms with Gasteiger partial charge in [-0.25, -0.2) is 0 Å². The third-order valence-corrected chi connectivity index (χ3v) is 3.29. The highest BCUT2D eigenvalue weighted by molar-refractivity contribution is 6.02. The molecule has 1 aromatic carbocycles. The van der Waals surface area contributed by atoms with E-state index in [1.807, 2.05) is 24.3 Å². The summed E-state index contributed by atoms with van der Waals surface area (Å²) in [5.41, 5.74) is 7.58. The second kappa shape index (κ2) is 5.08. The normalized spacial score (nSPS) is 21.6. The molecule has 1 fully saturated rings. The van der Waals surface area contributed by atoms with Crippen molar-refractivity contribution in [2.75, 3.05) is 18.0 Å². The zero-order valence-corrected chi connectivity index (χ0v) is 10.1. The van der Waals surface area contributed by atoms with E-state index in [-0.39, 0.29) is 5.84 Å². The van der Waals surface area contributed by atoms with Crippen molar-refractivity contribution in [3.63, 3.8) is 0 Å².